The van der Waals surface area contributed by atoms with E-state index in [9.17, 15) is 10.2 Å². The summed E-state index contributed by atoms with van der Waals surface area (Å²) in [5.41, 5.74) is -0.731. The minimum absolute atomic E-state index is 0.343. The van der Waals surface area contributed by atoms with Gasteiger partial charge < -0.3 is 20.3 Å². The third kappa shape index (κ3) is 9.76. The Hall–Kier alpha value is -0.160. The first-order valence-electron chi connectivity index (χ1n) is 4.64. The van der Waals surface area contributed by atoms with Gasteiger partial charge in [-0.2, -0.15) is 0 Å². The molecule has 0 radical (unpaired) electrons. The van der Waals surface area contributed by atoms with Crippen molar-refractivity contribution in [3.63, 3.8) is 0 Å². The summed E-state index contributed by atoms with van der Waals surface area (Å²) < 4.78 is 5.03. The van der Waals surface area contributed by atoms with E-state index in [1.165, 1.54) is 0 Å². The van der Waals surface area contributed by atoms with Crippen LogP contribution in [0.3, 0.4) is 0 Å². The molecule has 0 saturated carbocycles. The van der Waals surface area contributed by atoms with Crippen LogP contribution in [0, 0.1) is 0 Å². The minimum atomic E-state index is -0.731. The summed E-state index contributed by atoms with van der Waals surface area (Å²) in [6, 6.07) is 0. The Labute approximate surface area is 79.9 Å². The first-order valence-corrected chi connectivity index (χ1v) is 4.64. The molecule has 0 rings (SSSR count). The number of aliphatic hydroxyl groups is 2. The minimum Gasteiger partial charge on any atom is -0.389 e. The third-order valence-electron chi connectivity index (χ3n) is 1.45. The van der Waals surface area contributed by atoms with Crippen molar-refractivity contribution in [2.24, 2.45) is 0 Å². The second kappa shape index (κ2) is 6.32. The maximum Gasteiger partial charge on any atom is 0.0897 e. The van der Waals surface area contributed by atoms with Gasteiger partial charge in [0.25, 0.3) is 0 Å². The van der Waals surface area contributed by atoms with Crippen LogP contribution in [0.2, 0.25) is 0 Å². The number of aliphatic hydroxyl groups excluding tert-OH is 1. The van der Waals surface area contributed by atoms with Crippen molar-refractivity contribution in [1.29, 1.82) is 0 Å². The summed E-state index contributed by atoms with van der Waals surface area (Å²) in [6.45, 7) is 7.19. The van der Waals surface area contributed by atoms with Crippen LogP contribution in [0.15, 0.2) is 0 Å². The van der Waals surface area contributed by atoms with Crippen LogP contribution >= 0.6 is 0 Å². The molecule has 0 saturated heterocycles. The highest BCUT2D eigenvalue weighted by atomic mass is 16.5. The molecule has 0 aromatic rings. The fraction of sp³-hybridized carbons (Fsp3) is 1.00. The molecule has 0 amide bonds. The molecule has 4 heteroatoms. The van der Waals surface area contributed by atoms with E-state index >= 15 is 0 Å². The van der Waals surface area contributed by atoms with Crippen LogP contribution in [-0.4, -0.2) is 48.2 Å². The van der Waals surface area contributed by atoms with E-state index in [0.29, 0.717) is 26.3 Å². The van der Waals surface area contributed by atoms with Gasteiger partial charge in [0.1, 0.15) is 0 Å². The molecule has 1 atom stereocenters. The van der Waals surface area contributed by atoms with Gasteiger partial charge >= 0.3 is 0 Å². The highest BCUT2D eigenvalue weighted by Gasteiger charge is 2.12. The van der Waals surface area contributed by atoms with E-state index in [0.717, 1.165) is 0 Å². The zero-order chi connectivity index (χ0) is 10.3. The fourth-order valence-electron chi connectivity index (χ4n) is 0.857. The number of hydrogen-bond donors (Lipinski definition) is 3. The van der Waals surface area contributed by atoms with Crippen molar-refractivity contribution < 1.29 is 14.9 Å². The highest BCUT2D eigenvalue weighted by molar-refractivity contribution is 4.69. The van der Waals surface area contributed by atoms with E-state index in [1.54, 1.807) is 13.8 Å². The largest absolute Gasteiger partial charge is 0.389 e. The van der Waals surface area contributed by atoms with Crippen LogP contribution in [0.5, 0.6) is 0 Å². The summed E-state index contributed by atoms with van der Waals surface area (Å²) in [4.78, 5) is 0. The average molecular weight is 191 g/mol. The van der Waals surface area contributed by atoms with Crippen molar-refractivity contribution in [3.05, 3.63) is 0 Å². The average Bonchev–Trinajstić information content (AvgIpc) is 1.98. The fourth-order valence-corrected chi connectivity index (χ4v) is 0.857. The molecule has 1 unspecified atom stereocenters. The second-order valence-corrected chi connectivity index (χ2v) is 3.76. The smallest absolute Gasteiger partial charge is 0.0897 e. The zero-order valence-electron chi connectivity index (χ0n) is 8.71. The molecule has 13 heavy (non-hydrogen) atoms. The lowest BCUT2D eigenvalue weighted by atomic mass is 10.1. The molecule has 0 aromatic heterocycles. The first kappa shape index (κ1) is 12.8. The molecule has 3 N–H and O–H groups in total. The third-order valence-corrected chi connectivity index (χ3v) is 1.45. The summed E-state index contributed by atoms with van der Waals surface area (Å²) in [5, 5.41) is 21.6. The standard InChI is InChI=1S/C9H21NO3/c1-4-13-6-8(11)5-10-7-9(2,3)12/h8,10-12H,4-7H2,1-3H3. The highest BCUT2D eigenvalue weighted by Crippen LogP contribution is 1.97. The molecule has 0 bridgehead atoms. The molecule has 0 spiro atoms. The van der Waals surface area contributed by atoms with Gasteiger partial charge in [-0.25, -0.2) is 0 Å². The molecule has 80 valence electrons. The molecular formula is C9H21NO3. The molecule has 0 heterocycles. The topological polar surface area (TPSA) is 61.7 Å². The van der Waals surface area contributed by atoms with Gasteiger partial charge in [0.15, 0.2) is 0 Å². The van der Waals surface area contributed by atoms with E-state index in [4.69, 9.17) is 4.74 Å². The predicted molar refractivity (Wildman–Crippen MR) is 51.7 cm³/mol. The molecule has 0 aliphatic carbocycles. The Morgan fingerprint density at radius 2 is 2.08 bits per heavy atom. The maximum absolute atomic E-state index is 9.33. The van der Waals surface area contributed by atoms with E-state index in [-0.39, 0.29) is 0 Å². The van der Waals surface area contributed by atoms with E-state index in [1.807, 2.05) is 6.92 Å². The number of ether oxygens (including phenoxy) is 1. The van der Waals surface area contributed by atoms with Crippen molar-refractivity contribution >= 4 is 0 Å². The van der Waals surface area contributed by atoms with Crippen molar-refractivity contribution in [2.75, 3.05) is 26.3 Å². The quantitative estimate of drug-likeness (QED) is 0.519. The molecular weight excluding hydrogens is 170 g/mol. The van der Waals surface area contributed by atoms with Crippen molar-refractivity contribution in [2.45, 2.75) is 32.5 Å². The number of rotatable bonds is 7. The second-order valence-electron chi connectivity index (χ2n) is 3.76. The number of nitrogens with one attached hydrogen (secondary N) is 1. The molecule has 0 aromatic carbocycles. The molecule has 0 aliphatic rings. The lowest BCUT2D eigenvalue weighted by Gasteiger charge is -2.19. The van der Waals surface area contributed by atoms with Gasteiger partial charge in [-0.3, -0.25) is 0 Å². The number of hydrogen-bond acceptors (Lipinski definition) is 4. The van der Waals surface area contributed by atoms with Crippen molar-refractivity contribution in [3.8, 4) is 0 Å². The SMILES string of the molecule is CCOCC(O)CNCC(C)(C)O. The lowest BCUT2D eigenvalue weighted by Crippen LogP contribution is -2.39. The summed E-state index contributed by atoms with van der Waals surface area (Å²) in [5.74, 6) is 0. The van der Waals surface area contributed by atoms with E-state index in [2.05, 4.69) is 5.32 Å². The van der Waals surface area contributed by atoms with Crippen LogP contribution in [0.1, 0.15) is 20.8 Å². The van der Waals surface area contributed by atoms with Crippen LogP contribution in [0.25, 0.3) is 0 Å². The van der Waals surface area contributed by atoms with Crippen LogP contribution in [-0.2, 0) is 4.74 Å². The Morgan fingerprint density at radius 3 is 2.54 bits per heavy atom. The van der Waals surface area contributed by atoms with Gasteiger partial charge in [0.05, 0.1) is 18.3 Å². The van der Waals surface area contributed by atoms with Crippen molar-refractivity contribution in [1.82, 2.24) is 5.32 Å². The Morgan fingerprint density at radius 1 is 1.46 bits per heavy atom. The van der Waals surface area contributed by atoms with Crippen LogP contribution < -0.4 is 5.32 Å². The summed E-state index contributed by atoms with van der Waals surface area (Å²) in [7, 11) is 0. The Kier molecular flexibility index (Phi) is 6.24. The Balaban J connectivity index is 3.31. The van der Waals surface area contributed by atoms with Gasteiger partial charge in [-0.05, 0) is 20.8 Å². The summed E-state index contributed by atoms with van der Waals surface area (Å²) >= 11 is 0. The lowest BCUT2D eigenvalue weighted by molar-refractivity contribution is 0.0350. The monoisotopic (exact) mass is 191 g/mol. The zero-order valence-corrected chi connectivity index (χ0v) is 8.71. The Bertz CT molecular complexity index is 123. The van der Waals surface area contributed by atoms with Gasteiger partial charge in [-0.15, -0.1) is 0 Å². The molecule has 0 aliphatic heterocycles. The summed E-state index contributed by atoms with van der Waals surface area (Å²) in [6.07, 6.45) is -0.498. The van der Waals surface area contributed by atoms with E-state index < -0.39 is 11.7 Å². The van der Waals surface area contributed by atoms with Gasteiger partial charge in [0, 0.05) is 19.7 Å². The predicted octanol–water partition coefficient (Wildman–Crippen LogP) is -0.256. The molecule has 4 nitrogen and oxygen atoms in total. The molecule has 0 fully saturated rings. The van der Waals surface area contributed by atoms with Gasteiger partial charge in [-0.1, -0.05) is 0 Å². The normalized spacial score (nSPS) is 14.5. The first-order chi connectivity index (χ1) is 5.95. The maximum atomic E-state index is 9.33. The van der Waals surface area contributed by atoms with Crippen LogP contribution in [0.4, 0.5) is 0 Å². The van der Waals surface area contributed by atoms with Gasteiger partial charge in [0.2, 0.25) is 0 Å².